The van der Waals surface area contributed by atoms with Crippen LogP contribution in [-0.4, -0.2) is 41.4 Å². The van der Waals surface area contributed by atoms with Crippen LogP contribution in [0.25, 0.3) is 16.9 Å². The number of aryl methyl sites for hydroxylation is 1. The number of carbonyl (C=O) groups is 1. The SMILES string of the molecule is COc1cc(-c2cc3n(C)c(C)c(CCC(=O)Nc4ccccc4)c(=O)n3n2)cc(OC)c1OC. The van der Waals surface area contributed by atoms with Crippen LogP contribution in [-0.2, 0) is 18.3 Å². The first-order valence-corrected chi connectivity index (χ1v) is 11.1. The van der Waals surface area contributed by atoms with Crippen LogP contribution in [0.3, 0.4) is 0 Å². The van der Waals surface area contributed by atoms with Gasteiger partial charge in [-0.1, -0.05) is 18.2 Å². The molecule has 0 atom stereocenters. The van der Waals surface area contributed by atoms with E-state index in [1.807, 2.05) is 54.9 Å². The average Bonchev–Trinajstić information content (AvgIpc) is 3.33. The molecule has 4 aromatic rings. The highest BCUT2D eigenvalue weighted by Gasteiger charge is 2.19. The number of ether oxygens (including phenoxy) is 3. The van der Waals surface area contributed by atoms with Gasteiger partial charge in [-0.2, -0.15) is 9.61 Å². The van der Waals surface area contributed by atoms with E-state index in [0.717, 1.165) is 11.4 Å². The number of rotatable bonds is 8. The number of carbonyl (C=O) groups excluding carboxylic acids is 1. The lowest BCUT2D eigenvalue weighted by atomic mass is 10.1. The number of benzene rings is 2. The van der Waals surface area contributed by atoms with E-state index in [1.54, 1.807) is 33.5 Å². The minimum absolute atomic E-state index is 0.156. The van der Waals surface area contributed by atoms with Gasteiger partial charge in [-0.15, -0.1) is 0 Å². The van der Waals surface area contributed by atoms with E-state index in [2.05, 4.69) is 10.4 Å². The summed E-state index contributed by atoms with van der Waals surface area (Å²) in [7, 11) is 6.51. The van der Waals surface area contributed by atoms with Gasteiger partial charge < -0.3 is 24.1 Å². The molecule has 0 aliphatic heterocycles. The van der Waals surface area contributed by atoms with Crippen LogP contribution in [0.4, 0.5) is 5.69 Å². The van der Waals surface area contributed by atoms with Crippen molar-refractivity contribution in [3.05, 3.63) is 70.1 Å². The van der Waals surface area contributed by atoms with Crippen LogP contribution in [0.1, 0.15) is 17.7 Å². The number of nitrogens with zero attached hydrogens (tertiary/aromatic N) is 3. The van der Waals surface area contributed by atoms with Crippen LogP contribution >= 0.6 is 0 Å². The average molecular weight is 477 g/mol. The van der Waals surface area contributed by atoms with Crippen molar-refractivity contribution in [3.63, 3.8) is 0 Å². The highest BCUT2D eigenvalue weighted by molar-refractivity contribution is 5.90. The Hall–Kier alpha value is -4.27. The number of fused-ring (bicyclic) bond motifs is 1. The van der Waals surface area contributed by atoms with E-state index >= 15 is 0 Å². The number of methoxy groups -OCH3 is 3. The molecule has 2 heterocycles. The summed E-state index contributed by atoms with van der Waals surface area (Å²) in [6.45, 7) is 1.87. The van der Waals surface area contributed by atoms with Gasteiger partial charge in [0, 0.05) is 42.0 Å². The molecule has 0 spiro atoms. The van der Waals surface area contributed by atoms with Crippen molar-refractivity contribution in [1.29, 1.82) is 0 Å². The fourth-order valence-corrected chi connectivity index (χ4v) is 4.06. The number of para-hydroxylation sites is 1. The fraction of sp³-hybridized carbons (Fsp3) is 0.269. The topological polar surface area (TPSA) is 96.1 Å². The van der Waals surface area contributed by atoms with Crippen molar-refractivity contribution in [2.75, 3.05) is 26.6 Å². The molecule has 4 rings (SSSR count). The predicted molar refractivity (Wildman–Crippen MR) is 134 cm³/mol. The zero-order chi connectivity index (χ0) is 25.1. The lowest BCUT2D eigenvalue weighted by Crippen LogP contribution is -2.26. The molecule has 9 nitrogen and oxygen atoms in total. The molecule has 0 unspecified atom stereocenters. The molecule has 0 aliphatic rings. The zero-order valence-corrected chi connectivity index (χ0v) is 20.4. The largest absolute Gasteiger partial charge is 0.493 e. The Kier molecular flexibility index (Phi) is 6.77. The number of amides is 1. The van der Waals surface area contributed by atoms with Crippen LogP contribution in [0.2, 0.25) is 0 Å². The molecule has 0 bridgehead atoms. The Morgan fingerprint density at radius 2 is 1.66 bits per heavy atom. The van der Waals surface area contributed by atoms with Crippen LogP contribution in [0.5, 0.6) is 17.2 Å². The second kappa shape index (κ2) is 9.92. The first kappa shape index (κ1) is 23.9. The summed E-state index contributed by atoms with van der Waals surface area (Å²) in [5, 5.41) is 7.43. The lowest BCUT2D eigenvalue weighted by Gasteiger charge is -2.13. The molecule has 1 amide bonds. The summed E-state index contributed by atoms with van der Waals surface area (Å²) in [6.07, 6.45) is 0.476. The van der Waals surface area contributed by atoms with E-state index in [-0.39, 0.29) is 17.9 Å². The maximum absolute atomic E-state index is 13.3. The first-order valence-electron chi connectivity index (χ1n) is 11.1. The smallest absolute Gasteiger partial charge is 0.277 e. The molecular weight excluding hydrogens is 448 g/mol. The molecule has 2 aromatic heterocycles. The van der Waals surface area contributed by atoms with Crippen molar-refractivity contribution in [2.45, 2.75) is 19.8 Å². The van der Waals surface area contributed by atoms with Gasteiger partial charge in [0.15, 0.2) is 11.5 Å². The summed E-state index contributed by atoms with van der Waals surface area (Å²) in [5.74, 6) is 1.31. The van der Waals surface area contributed by atoms with Crippen LogP contribution < -0.4 is 25.1 Å². The Balaban J connectivity index is 1.69. The second-order valence-electron chi connectivity index (χ2n) is 8.06. The monoisotopic (exact) mass is 476 g/mol. The minimum atomic E-state index is -0.248. The maximum Gasteiger partial charge on any atom is 0.277 e. The number of anilines is 1. The van der Waals surface area contributed by atoms with Crippen molar-refractivity contribution in [2.24, 2.45) is 7.05 Å². The molecule has 1 N–H and O–H groups in total. The van der Waals surface area contributed by atoms with Gasteiger partial charge in [0.25, 0.3) is 5.56 Å². The molecule has 0 fully saturated rings. The van der Waals surface area contributed by atoms with Crippen molar-refractivity contribution in [1.82, 2.24) is 14.2 Å². The van der Waals surface area contributed by atoms with Gasteiger partial charge in [0.1, 0.15) is 5.65 Å². The highest BCUT2D eigenvalue weighted by Crippen LogP contribution is 2.41. The number of nitrogens with one attached hydrogen (secondary N) is 1. The van der Waals surface area contributed by atoms with Gasteiger partial charge in [0.05, 0.1) is 27.0 Å². The summed E-state index contributed by atoms with van der Waals surface area (Å²) in [6, 6.07) is 14.6. The third kappa shape index (κ3) is 4.57. The van der Waals surface area contributed by atoms with Crippen LogP contribution in [0, 0.1) is 6.92 Å². The zero-order valence-electron chi connectivity index (χ0n) is 20.4. The lowest BCUT2D eigenvalue weighted by molar-refractivity contribution is -0.116. The normalized spacial score (nSPS) is 10.9. The van der Waals surface area contributed by atoms with Crippen molar-refractivity contribution >= 4 is 17.2 Å². The molecule has 0 aliphatic carbocycles. The Morgan fingerprint density at radius 3 is 2.26 bits per heavy atom. The van der Waals surface area contributed by atoms with Gasteiger partial charge in [-0.3, -0.25) is 9.59 Å². The van der Waals surface area contributed by atoms with E-state index < -0.39 is 0 Å². The third-order valence-electron chi connectivity index (χ3n) is 6.04. The fourth-order valence-electron chi connectivity index (χ4n) is 4.06. The number of hydrogen-bond acceptors (Lipinski definition) is 6. The Bertz CT molecular complexity index is 1410. The molecule has 2 aromatic carbocycles. The Labute approximate surface area is 202 Å². The molecule has 0 saturated carbocycles. The van der Waals surface area contributed by atoms with E-state index in [9.17, 15) is 9.59 Å². The van der Waals surface area contributed by atoms with Crippen LogP contribution in [0.15, 0.2) is 53.3 Å². The highest BCUT2D eigenvalue weighted by atomic mass is 16.5. The van der Waals surface area contributed by atoms with Crippen molar-refractivity contribution < 1.29 is 19.0 Å². The first-order chi connectivity index (χ1) is 16.9. The van der Waals surface area contributed by atoms with Gasteiger partial charge >= 0.3 is 0 Å². The number of aromatic nitrogens is 3. The van der Waals surface area contributed by atoms with E-state index in [1.165, 1.54) is 4.52 Å². The summed E-state index contributed by atoms with van der Waals surface area (Å²) in [4.78, 5) is 25.8. The predicted octanol–water partition coefficient (Wildman–Crippen LogP) is 3.61. The van der Waals surface area contributed by atoms with Gasteiger partial charge in [0.2, 0.25) is 11.7 Å². The van der Waals surface area contributed by atoms with Gasteiger partial charge in [-0.05, 0) is 37.6 Å². The molecule has 9 heteroatoms. The summed E-state index contributed by atoms with van der Waals surface area (Å²) in [5.41, 5.74) is 3.73. The molecular formula is C26H28N4O5. The summed E-state index contributed by atoms with van der Waals surface area (Å²) < 4.78 is 19.6. The standard InChI is InChI=1S/C26H28N4O5/c1-16-19(11-12-23(31)27-18-9-7-6-8-10-18)26(32)30-24(29(16)2)15-20(28-30)17-13-21(33-3)25(35-5)22(14-17)34-4/h6-10,13-15H,11-12H2,1-5H3,(H,27,31). The minimum Gasteiger partial charge on any atom is -0.493 e. The molecule has 0 saturated heterocycles. The quantitative estimate of drug-likeness (QED) is 0.417. The molecule has 182 valence electrons. The van der Waals surface area contributed by atoms with E-state index in [0.29, 0.717) is 46.1 Å². The maximum atomic E-state index is 13.3. The Morgan fingerprint density at radius 1 is 1.00 bits per heavy atom. The molecule has 0 radical (unpaired) electrons. The second-order valence-corrected chi connectivity index (χ2v) is 8.06. The third-order valence-corrected chi connectivity index (χ3v) is 6.04. The van der Waals surface area contributed by atoms with Crippen molar-refractivity contribution in [3.8, 4) is 28.5 Å². The molecule has 35 heavy (non-hydrogen) atoms. The van der Waals surface area contributed by atoms with E-state index in [4.69, 9.17) is 14.2 Å². The number of hydrogen-bond donors (Lipinski definition) is 1. The summed E-state index contributed by atoms with van der Waals surface area (Å²) >= 11 is 0. The van der Waals surface area contributed by atoms with Gasteiger partial charge in [-0.25, -0.2) is 0 Å².